The van der Waals surface area contributed by atoms with Gasteiger partial charge in [-0.25, -0.2) is 9.78 Å². The molecule has 1 unspecified atom stereocenters. The number of H-pyrrole nitrogens is 1. The van der Waals surface area contributed by atoms with Crippen LogP contribution in [-0.2, 0) is 4.79 Å². The van der Waals surface area contributed by atoms with Gasteiger partial charge in [0, 0.05) is 37.9 Å². The van der Waals surface area contributed by atoms with Crippen LogP contribution in [0, 0.1) is 5.92 Å². The number of aromatic amines is 1. The molecule has 144 valence electrons. The number of fused-ring (bicyclic) bond motifs is 1. The summed E-state index contributed by atoms with van der Waals surface area (Å²) in [7, 11) is 0. The molecule has 27 heavy (non-hydrogen) atoms. The predicted octanol–water partition coefficient (Wildman–Crippen LogP) is 3.30. The number of nitrogens with zero attached hydrogens (tertiary/aromatic N) is 2. The number of anilines is 2. The lowest BCUT2D eigenvalue weighted by Crippen LogP contribution is -2.47. The zero-order valence-electron chi connectivity index (χ0n) is 14.8. The smallest absolute Gasteiger partial charge is 0.404 e. The van der Waals surface area contributed by atoms with Gasteiger partial charge in [-0.2, -0.15) is 0 Å². The first-order chi connectivity index (χ1) is 13.0. The third kappa shape index (κ3) is 4.02. The summed E-state index contributed by atoms with van der Waals surface area (Å²) in [6.45, 7) is 1.39. The van der Waals surface area contributed by atoms with E-state index in [0.29, 0.717) is 30.2 Å². The van der Waals surface area contributed by atoms with Crippen LogP contribution in [0.2, 0.25) is 0 Å². The Morgan fingerprint density at radius 1 is 1.37 bits per heavy atom. The Bertz CT molecular complexity index is 879. The summed E-state index contributed by atoms with van der Waals surface area (Å²) in [5.74, 6) is 0.540. The molecule has 0 radical (unpaired) electrons. The Hall–Kier alpha value is -2.29. The van der Waals surface area contributed by atoms with Crippen LogP contribution in [0.1, 0.15) is 32.1 Å². The average Bonchev–Trinajstić information content (AvgIpc) is 3.34. The zero-order valence-corrected chi connectivity index (χ0v) is 16.4. The number of aromatic nitrogens is 2. The molecule has 0 aromatic carbocycles. The van der Waals surface area contributed by atoms with Crippen molar-refractivity contribution in [2.45, 2.75) is 38.1 Å². The molecule has 1 aliphatic carbocycles. The van der Waals surface area contributed by atoms with Crippen molar-refractivity contribution in [3.05, 3.63) is 16.9 Å². The van der Waals surface area contributed by atoms with Crippen LogP contribution in [0.5, 0.6) is 0 Å². The lowest BCUT2D eigenvalue weighted by molar-refractivity contribution is -0.116. The maximum Gasteiger partial charge on any atom is 0.404 e. The topological polar surface area (TPSA) is 110 Å². The number of piperidine rings is 1. The Kier molecular flexibility index (Phi) is 4.94. The fraction of sp³-hybridized carbons (Fsp3) is 0.500. The number of hydrogen-bond acceptors (Lipinski definition) is 4. The number of nitrogens with one attached hydrogen (secondary N) is 3. The minimum Gasteiger partial charge on any atom is -0.465 e. The largest absolute Gasteiger partial charge is 0.465 e. The van der Waals surface area contributed by atoms with Gasteiger partial charge in [0.25, 0.3) is 0 Å². The molecule has 8 nitrogen and oxygen atoms in total. The minimum atomic E-state index is -1.00. The van der Waals surface area contributed by atoms with E-state index < -0.39 is 6.09 Å². The second kappa shape index (κ2) is 7.38. The van der Waals surface area contributed by atoms with E-state index in [1.807, 2.05) is 0 Å². The first kappa shape index (κ1) is 18.1. The summed E-state index contributed by atoms with van der Waals surface area (Å²) in [5.41, 5.74) is 2.34. The predicted molar refractivity (Wildman–Crippen MR) is 106 cm³/mol. The fourth-order valence-corrected chi connectivity index (χ4v) is 4.27. The molecule has 4 N–H and O–H groups in total. The molecule has 9 heteroatoms. The van der Waals surface area contributed by atoms with Gasteiger partial charge in [0.05, 0.1) is 21.2 Å². The van der Waals surface area contributed by atoms with E-state index in [-0.39, 0.29) is 11.9 Å². The molecule has 0 spiro atoms. The molecule has 1 saturated carbocycles. The maximum atomic E-state index is 12.3. The number of halogens is 1. The van der Waals surface area contributed by atoms with Gasteiger partial charge in [0.1, 0.15) is 5.65 Å². The molecule has 3 heterocycles. The first-order valence-corrected chi connectivity index (χ1v) is 10.0. The van der Waals surface area contributed by atoms with E-state index in [0.717, 1.165) is 47.8 Å². The van der Waals surface area contributed by atoms with Crippen LogP contribution in [0.3, 0.4) is 0 Å². The second-order valence-corrected chi connectivity index (χ2v) is 8.17. The van der Waals surface area contributed by atoms with Crippen molar-refractivity contribution in [3.63, 3.8) is 0 Å². The third-order valence-electron chi connectivity index (χ3n) is 5.14. The van der Waals surface area contributed by atoms with Crippen LogP contribution in [0.15, 0.2) is 16.9 Å². The van der Waals surface area contributed by atoms with Crippen molar-refractivity contribution in [1.29, 1.82) is 0 Å². The highest BCUT2D eigenvalue weighted by atomic mass is 79.9. The Morgan fingerprint density at radius 3 is 2.93 bits per heavy atom. The molecule has 1 aliphatic heterocycles. The number of amides is 2. The SMILES string of the molecule is O=C(O)NC1CCCN(c2c(Br)cnc3[nH]cc(NC(=O)CC4CC4)c23)C1. The number of carbonyl (C=O) groups is 2. The number of carbonyl (C=O) groups excluding carboxylic acids is 1. The Balaban J connectivity index is 1.64. The highest BCUT2D eigenvalue weighted by molar-refractivity contribution is 9.10. The van der Waals surface area contributed by atoms with Crippen LogP contribution >= 0.6 is 15.9 Å². The fourth-order valence-electron chi connectivity index (χ4n) is 3.72. The van der Waals surface area contributed by atoms with E-state index >= 15 is 0 Å². The van der Waals surface area contributed by atoms with E-state index in [1.54, 1.807) is 12.4 Å². The molecule has 2 aromatic rings. The van der Waals surface area contributed by atoms with Crippen molar-refractivity contribution in [2.75, 3.05) is 23.3 Å². The lowest BCUT2D eigenvalue weighted by atomic mass is 10.0. The van der Waals surface area contributed by atoms with Gasteiger partial charge in [-0.05, 0) is 47.5 Å². The molecular formula is C18H22BrN5O3. The van der Waals surface area contributed by atoms with Crippen molar-refractivity contribution in [3.8, 4) is 0 Å². The van der Waals surface area contributed by atoms with Gasteiger partial charge < -0.3 is 25.6 Å². The van der Waals surface area contributed by atoms with Crippen molar-refractivity contribution in [1.82, 2.24) is 15.3 Å². The van der Waals surface area contributed by atoms with Crippen LogP contribution < -0.4 is 15.5 Å². The quantitative estimate of drug-likeness (QED) is 0.575. The van der Waals surface area contributed by atoms with Gasteiger partial charge >= 0.3 is 6.09 Å². The monoisotopic (exact) mass is 435 g/mol. The number of hydrogen-bond donors (Lipinski definition) is 4. The summed E-state index contributed by atoms with van der Waals surface area (Å²) in [5, 5.41) is 15.5. The average molecular weight is 436 g/mol. The number of pyridine rings is 1. The standard InChI is InChI=1S/C18H22BrN5O3/c19-12-7-20-17-15(13(8-21-17)23-14(25)6-10-3-4-10)16(12)24-5-1-2-11(9-24)22-18(26)27/h7-8,10-11,22H,1-6,9H2,(H,20,21)(H,23,25)(H,26,27). The molecule has 1 saturated heterocycles. The van der Waals surface area contributed by atoms with E-state index in [4.69, 9.17) is 5.11 Å². The van der Waals surface area contributed by atoms with Gasteiger partial charge in [0.15, 0.2) is 0 Å². The van der Waals surface area contributed by atoms with Crippen LogP contribution in [-0.4, -0.2) is 46.2 Å². The number of rotatable bonds is 5. The summed E-state index contributed by atoms with van der Waals surface area (Å²) in [4.78, 5) is 33.0. The van der Waals surface area contributed by atoms with Crippen molar-refractivity contribution in [2.24, 2.45) is 5.92 Å². The summed E-state index contributed by atoms with van der Waals surface area (Å²) in [6.07, 6.45) is 7.01. The molecule has 2 fully saturated rings. The van der Waals surface area contributed by atoms with E-state index in [9.17, 15) is 9.59 Å². The van der Waals surface area contributed by atoms with Gasteiger partial charge in [0.2, 0.25) is 5.91 Å². The highest BCUT2D eigenvalue weighted by Gasteiger charge is 2.27. The van der Waals surface area contributed by atoms with Gasteiger partial charge in [-0.1, -0.05) is 0 Å². The summed E-state index contributed by atoms with van der Waals surface area (Å²) >= 11 is 3.59. The van der Waals surface area contributed by atoms with E-state index in [1.165, 1.54) is 0 Å². The van der Waals surface area contributed by atoms with E-state index in [2.05, 4.69) is 41.4 Å². The molecule has 2 aromatic heterocycles. The van der Waals surface area contributed by atoms with Gasteiger partial charge in [-0.15, -0.1) is 0 Å². The van der Waals surface area contributed by atoms with Crippen LogP contribution in [0.4, 0.5) is 16.2 Å². The molecule has 1 atom stereocenters. The maximum absolute atomic E-state index is 12.3. The molecule has 4 rings (SSSR count). The highest BCUT2D eigenvalue weighted by Crippen LogP contribution is 2.39. The van der Waals surface area contributed by atoms with Crippen molar-refractivity contribution >= 4 is 50.3 Å². The van der Waals surface area contributed by atoms with Crippen molar-refractivity contribution < 1.29 is 14.7 Å². The second-order valence-electron chi connectivity index (χ2n) is 7.31. The molecule has 2 aliphatic rings. The zero-order chi connectivity index (χ0) is 19.0. The Labute approximate surface area is 164 Å². The normalized spacial score (nSPS) is 19.9. The molecule has 2 amide bonds. The van der Waals surface area contributed by atoms with Gasteiger partial charge in [-0.3, -0.25) is 4.79 Å². The Morgan fingerprint density at radius 2 is 2.19 bits per heavy atom. The lowest BCUT2D eigenvalue weighted by Gasteiger charge is -2.35. The first-order valence-electron chi connectivity index (χ1n) is 9.21. The molecular weight excluding hydrogens is 414 g/mol. The summed E-state index contributed by atoms with van der Waals surface area (Å²) in [6, 6.07) is -0.127. The summed E-state index contributed by atoms with van der Waals surface area (Å²) < 4.78 is 0.822. The minimum absolute atomic E-state index is 0.0217. The third-order valence-corrected chi connectivity index (χ3v) is 5.72. The number of carboxylic acid groups (broad SMARTS) is 1. The molecule has 0 bridgehead atoms. The van der Waals surface area contributed by atoms with Crippen LogP contribution in [0.25, 0.3) is 11.0 Å².